The summed E-state index contributed by atoms with van der Waals surface area (Å²) in [6.07, 6.45) is -4.67. The molecule has 1 saturated heterocycles. The second kappa shape index (κ2) is 6.84. The Hall–Kier alpha value is -2.93. The number of fused-ring (bicyclic) bond motifs is 1. The number of rotatable bonds is 3. The fourth-order valence-electron chi connectivity index (χ4n) is 3.26. The van der Waals surface area contributed by atoms with Gasteiger partial charge in [-0.05, 0) is 24.3 Å². The first-order valence-electron chi connectivity index (χ1n) is 8.56. The smallest absolute Gasteiger partial charge is 0.367 e. The maximum absolute atomic E-state index is 13.1. The summed E-state index contributed by atoms with van der Waals surface area (Å²) in [6.45, 7) is 1.75. The summed E-state index contributed by atoms with van der Waals surface area (Å²) in [5, 5.41) is 16.0. The quantitative estimate of drug-likeness (QED) is 0.667. The third-order valence-corrected chi connectivity index (χ3v) is 5.58. The number of benzene rings is 1. The zero-order chi connectivity index (χ0) is 20.8. The minimum absolute atomic E-state index is 0.00166. The minimum Gasteiger partial charge on any atom is -0.367 e. The van der Waals surface area contributed by atoms with E-state index in [-0.39, 0.29) is 10.5 Å². The predicted octanol–water partition coefficient (Wildman–Crippen LogP) is 1.12. The zero-order valence-electron chi connectivity index (χ0n) is 14.9. The van der Waals surface area contributed by atoms with Gasteiger partial charge in [-0.2, -0.15) is 17.7 Å². The fourth-order valence-corrected chi connectivity index (χ4v) is 4.02. The molecule has 4 rings (SSSR count). The molecule has 0 spiro atoms. The molecule has 9 nitrogen and oxygen atoms in total. The average Bonchev–Trinajstić information content (AvgIpc) is 3.11. The molecule has 1 aliphatic rings. The summed E-state index contributed by atoms with van der Waals surface area (Å²) < 4.78 is 63.5. The van der Waals surface area contributed by atoms with E-state index in [1.54, 1.807) is 24.3 Å². The number of para-hydroxylation sites is 1. The van der Waals surface area contributed by atoms with Crippen LogP contribution in [0.2, 0.25) is 0 Å². The van der Waals surface area contributed by atoms with E-state index >= 15 is 0 Å². The van der Waals surface area contributed by atoms with Gasteiger partial charge in [0.25, 0.3) is 5.82 Å². The van der Waals surface area contributed by atoms with Crippen LogP contribution >= 0.6 is 0 Å². The van der Waals surface area contributed by atoms with Crippen LogP contribution in [0.4, 0.5) is 24.7 Å². The standard InChI is InChI=1S/C16H16F3N7O2S/c17-16(18,19)15-22-21-13-5-6-14(23-26(13)15)25-9-7-24(8-10-25)11-3-1-2-4-12(11)29(20,27)28/h1-6H,7-10H2,(H2,20,27,28). The summed E-state index contributed by atoms with van der Waals surface area (Å²) in [6, 6.07) is 9.43. The molecule has 0 atom stereocenters. The molecular weight excluding hydrogens is 411 g/mol. The number of nitrogens with two attached hydrogens (primary N) is 1. The topological polar surface area (TPSA) is 110 Å². The van der Waals surface area contributed by atoms with Gasteiger partial charge in [-0.1, -0.05) is 12.1 Å². The van der Waals surface area contributed by atoms with Crippen molar-refractivity contribution in [2.24, 2.45) is 5.14 Å². The van der Waals surface area contributed by atoms with Gasteiger partial charge >= 0.3 is 6.18 Å². The van der Waals surface area contributed by atoms with Gasteiger partial charge in [-0.3, -0.25) is 0 Å². The highest BCUT2D eigenvalue weighted by molar-refractivity contribution is 7.89. The summed E-state index contributed by atoms with van der Waals surface area (Å²) in [4.78, 5) is 3.72. The number of hydrogen-bond donors (Lipinski definition) is 1. The highest BCUT2D eigenvalue weighted by atomic mass is 32.2. The molecule has 0 unspecified atom stereocenters. The van der Waals surface area contributed by atoms with Crippen LogP contribution in [0.1, 0.15) is 5.82 Å². The summed E-state index contributed by atoms with van der Waals surface area (Å²) in [5.41, 5.74) is 0.498. The Morgan fingerprint density at radius 3 is 2.24 bits per heavy atom. The lowest BCUT2D eigenvalue weighted by atomic mass is 10.2. The zero-order valence-corrected chi connectivity index (χ0v) is 15.7. The van der Waals surface area contributed by atoms with Gasteiger partial charge in [-0.25, -0.2) is 13.6 Å². The largest absolute Gasteiger partial charge is 0.453 e. The molecule has 29 heavy (non-hydrogen) atoms. The van der Waals surface area contributed by atoms with Crippen LogP contribution in [0.5, 0.6) is 0 Å². The Bertz CT molecular complexity index is 1150. The Morgan fingerprint density at radius 1 is 0.931 bits per heavy atom. The first-order chi connectivity index (χ1) is 13.6. The molecule has 1 aliphatic heterocycles. The van der Waals surface area contributed by atoms with E-state index in [2.05, 4.69) is 15.3 Å². The van der Waals surface area contributed by atoms with Crippen LogP contribution in [0.15, 0.2) is 41.3 Å². The highest BCUT2D eigenvalue weighted by Crippen LogP contribution is 2.29. The maximum atomic E-state index is 13.1. The van der Waals surface area contributed by atoms with E-state index in [1.807, 2.05) is 9.80 Å². The minimum atomic E-state index is -4.67. The number of halogens is 3. The summed E-state index contributed by atoms with van der Waals surface area (Å²) in [5.74, 6) is -0.836. The van der Waals surface area contributed by atoms with Crippen molar-refractivity contribution >= 4 is 27.2 Å². The fraction of sp³-hybridized carbons (Fsp3) is 0.312. The number of hydrogen-bond acceptors (Lipinski definition) is 7. The first kappa shape index (κ1) is 19.4. The normalized spacial score (nSPS) is 15.9. The van der Waals surface area contributed by atoms with Gasteiger partial charge in [0.05, 0.1) is 5.69 Å². The van der Waals surface area contributed by atoms with E-state index in [0.29, 0.717) is 42.2 Å². The van der Waals surface area contributed by atoms with Gasteiger partial charge in [0.15, 0.2) is 5.65 Å². The third kappa shape index (κ3) is 3.70. The lowest BCUT2D eigenvalue weighted by Crippen LogP contribution is -2.47. The monoisotopic (exact) mass is 427 g/mol. The van der Waals surface area contributed by atoms with E-state index in [4.69, 9.17) is 5.14 Å². The molecular formula is C16H16F3N7O2S. The molecule has 1 fully saturated rings. The van der Waals surface area contributed by atoms with Crippen LogP contribution in [-0.2, 0) is 16.2 Å². The molecule has 13 heteroatoms. The molecule has 0 amide bonds. The molecule has 2 N–H and O–H groups in total. The van der Waals surface area contributed by atoms with E-state index in [9.17, 15) is 21.6 Å². The first-order valence-corrected chi connectivity index (χ1v) is 10.1. The van der Waals surface area contributed by atoms with Gasteiger partial charge in [-0.15, -0.1) is 15.3 Å². The Labute approximate surface area is 163 Å². The van der Waals surface area contributed by atoms with E-state index in [1.165, 1.54) is 12.1 Å². The van der Waals surface area contributed by atoms with E-state index in [0.717, 1.165) is 0 Å². The van der Waals surface area contributed by atoms with Crippen molar-refractivity contribution < 1.29 is 21.6 Å². The molecule has 0 aliphatic carbocycles. The molecule has 1 aromatic carbocycles. The molecule has 154 valence electrons. The summed E-state index contributed by atoms with van der Waals surface area (Å²) >= 11 is 0. The second-order valence-electron chi connectivity index (χ2n) is 6.47. The van der Waals surface area contributed by atoms with Crippen molar-refractivity contribution in [1.82, 2.24) is 19.8 Å². The van der Waals surface area contributed by atoms with Crippen molar-refractivity contribution in [2.75, 3.05) is 36.0 Å². The van der Waals surface area contributed by atoms with Crippen LogP contribution < -0.4 is 14.9 Å². The van der Waals surface area contributed by atoms with Crippen LogP contribution in [0.25, 0.3) is 5.65 Å². The summed E-state index contributed by atoms with van der Waals surface area (Å²) in [7, 11) is -3.88. The van der Waals surface area contributed by atoms with Crippen molar-refractivity contribution in [3.8, 4) is 0 Å². The highest BCUT2D eigenvalue weighted by Gasteiger charge is 2.38. The maximum Gasteiger partial charge on any atom is 0.453 e. The molecule has 0 bridgehead atoms. The van der Waals surface area contributed by atoms with Crippen molar-refractivity contribution in [2.45, 2.75) is 11.1 Å². The van der Waals surface area contributed by atoms with Gasteiger partial charge < -0.3 is 9.80 Å². The molecule has 3 aromatic rings. The Balaban J connectivity index is 1.57. The van der Waals surface area contributed by atoms with Crippen molar-refractivity contribution in [1.29, 1.82) is 0 Å². The Morgan fingerprint density at radius 2 is 1.59 bits per heavy atom. The lowest BCUT2D eigenvalue weighted by molar-refractivity contribution is -0.146. The number of piperazine rings is 1. The number of sulfonamides is 1. The number of primary sulfonamides is 1. The Kier molecular flexibility index (Phi) is 4.58. The second-order valence-corrected chi connectivity index (χ2v) is 8.00. The third-order valence-electron chi connectivity index (χ3n) is 4.62. The molecule has 0 saturated carbocycles. The van der Waals surface area contributed by atoms with Crippen molar-refractivity contribution in [3.63, 3.8) is 0 Å². The van der Waals surface area contributed by atoms with Gasteiger partial charge in [0.1, 0.15) is 10.7 Å². The number of nitrogens with zero attached hydrogens (tertiary/aromatic N) is 6. The molecule has 3 heterocycles. The average molecular weight is 427 g/mol. The van der Waals surface area contributed by atoms with Crippen LogP contribution in [-0.4, -0.2) is 54.4 Å². The molecule has 2 aromatic heterocycles. The van der Waals surface area contributed by atoms with Gasteiger partial charge in [0.2, 0.25) is 10.0 Å². The number of aromatic nitrogens is 4. The number of alkyl halides is 3. The van der Waals surface area contributed by atoms with Gasteiger partial charge in [0, 0.05) is 26.2 Å². The van der Waals surface area contributed by atoms with E-state index < -0.39 is 22.0 Å². The van der Waals surface area contributed by atoms with Crippen molar-refractivity contribution in [3.05, 3.63) is 42.2 Å². The van der Waals surface area contributed by atoms with Crippen LogP contribution in [0.3, 0.4) is 0 Å². The molecule has 0 radical (unpaired) electrons. The SMILES string of the molecule is NS(=O)(=O)c1ccccc1N1CCN(c2ccc3nnc(C(F)(F)F)n3n2)CC1. The predicted molar refractivity (Wildman–Crippen MR) is 98.0 cm³/mol. The number of anilines is 2. The lowest BCUT2D eigenvalue weighted by Gasteiger charge is -2.37. The van der Waals surface area contributed by atoms with Crippen LogP contribution in [0, 0.1) is 0 Å².